The molecule has 0 fully saturated rings. The number of ether oxygens (including phenoxy) is 1. The van der Waals surface area contributed by atoms with Gasteiger partial charge < -0.3 is 0 Å². The molecule has 10 heteroatoms. The van der Waals surface area contributed by atoms with Crippen LogP contribution in [0.4, 0.5) is 10.5 Å². The summed E-state index contributed by atoms with van der Waals surface area (Å²) in [4.78, 5) is 43.9. The second-order valence-corrected chi connectivity index (χ2v) is 5.60. The fourth-order valence-electron chi connectivity index (χ4n) is 1.30. The molecule has 0 unspecified atom stereocenters. The second-order valence-electron chi connectivity index (χ2n) is 3.61. The Labute approximate surface area is 128 Å². The van der Waals surface area contributed by atoms with Gasteiger partial charge in [0.1, 0.15) is 0 Å². The van der Waals surface area contributed by atoms with Crippen molar-refractivity contribution in [3.8, 4) is 5.75 Å². The third kappa shape index (κ3) is 3.75. The first-order chi connectivity index (χ1) is 9.97. The van der Waals surface area contributed by atoms with E-state index in [0.29, 0.717) is 0 Å². The molecule has 0 radical (unpaired) electrons. The zero-order valence-electron chi connectivity index (χ0n) is 10.2. The summed E-state index contributed by atoms with van der Waals surface area (Å²) in [6.07, 6.45) is 1.39. The molecule has 3 amide bonds. The maximum atomic E-state index is 11.5. The standard InChI is InChI=1S/C11H7IN3O6/c16-9-5-6-10(17)14(9)12-13-11(18)21-8-3-1-7(2-4-8)15(19)20/h1-6H,(H,13,18)/q-1. The monoisotopic (exact) mass is 404 g/mol. The van der Waals surface area contributed by atoms with Crippen molar-refractivity contribution in [3.05, 3.63) is 46.5 Å². The first-order valence-corrected chi connectivity index (χ1v) is 7.44. The fraction of sp³-hybridized carbons (Fsp3) is 0. The topological polar surface area (TPSA) is 119 Å². The first kappa shape index (κ1) is 14.9. The summed E-state index contributed by atoms with van der Waals surface area (Å²) in [7, 11) is 0. The van der Waals surface area contributed by atoms with Gasteiger partial charge in [-0.1, -0.05) is 0 Å². The van der Waals surface area contributed by atoms with E-state index in [1.54, 1.807) is 0 Å². The Morgan fingerprint density at radius 1 is 1.19 bits per heavy atom. The van der Waals surface area contributed by atoms with Gasteiger partial charge in [-0.3, -0.25) is 0 Å². The van der Waals surface area contributed by atoms with Gasteiger partial charge in [-0.05, 0) is 0 Å². The van der Waals surface area contributed by atoms with Crippen LogP contribution < -0.4 is 30.0 Å². The number of hydrogen-bond acceptors (Lipinski definition) is 6. The Morgan fingerprint density at radius 2 is 1.76 bits per heavy atom. The predicted octanol–water partition coefficient (Wildman–Crippen LogP) is -2.47. The SMILES string of the molecule is O=C(N[I-]N1C(=O)C=CC1=O)Oc1ccc([N+](=O)[O-])cc1. The average Bonchev–Trinajstić information content (AvgIpc) is 2.76. The Bertz CT molecular complexity index is 624. The molecule has 0 atom stereocenters. The van der Waals surface area contributed by atoms with E-state index in [9.17, 15) is 24.5 Å². The zero-order chi connectivity index (χ0) is 15.4. The van der Waals surface area contributed by atoms with Crippen LogP contribution in [0.5, 0.6) is 5.75 Å². The van der Waals surface area contributed by atoms with Crippen molar-refractivity contribution >= 4 is 23.6 Å². The Kier molecular flexibility index (Phi) is 4.47. The normalized spacial score (nSPS) is 13.6. The van der Waals surface area contributed by atoms with E-state index < -0.39 is 44.6 Å². The second kappa shape index (κ2) is 6.30. The van der Waals surface area contributed by atoms with Gasteiger partial charge in [-0.15, -0.1) is 0 Å². The molecular formula is C11H7IN3O6-. The van der Waals surface area contributed by atoms with Crippen LogP contribution in [0.15, 0.2) is 36.4 Å². The first-order valence-electron chi connectivity index (χ1n) is 5.40. The summed E-state index contributed by atoms with van der Waals surface area (Å²) in [5.41, 5.74) is -0.130. The van der Waals surface area contributed by atoms with Gasteiger partial charge in [0.25, 0.3) is 0 Å². The van der Waals surface area contributed by atoms with Crippen LogP contribution in [0.1, 0.15) is 0 Å². The summed E-state index contributed by atoms with van der Waals surface area (Å²) in [6, 6.07) is 4.91. The number of non-ortho nitro benzene ring substituents is 1. The van der Waals surface area contributed by atoms with Crippen LogP contribution in [0.3, 0.4) is 0 Å². The molecule has 0 bridgehead atoms. The summed E-state index contributed by atoms with van der Waals surface area (Å²) in [5, 5.41) is 10.5. The molecule has 0 aliphatic carbocycles. The van der Waals surface area contributed by atoms with Crippen molar-refractivity contribution in [1.29, 1.82) is 0 Å². The Balaban J connectivity index is 1.86. The molecule has 1 heterocycles. The van der Waals surface area contributed by atoms with Crippen molar-refractivity contribution in [2.45, 2.75) is 0 Å². The minimum absolute atomic E-state index is 0.110. The molecule has 0 aromatic heterocycles. The number of carbonyl (C=O) groups is 3. The van der Waals surface area contributed by atoms with E-state index in [0.717, 1.165) is 15.3 Å². The number of nitro groups is 1. The van der Waals surface area contributed by atoms with Crippen molar-refractivity contribution in [1.82, 2.24) is 6.64 Å². The van der Waals surface area contributed by atoms with Gasteiger partial charge in [-0.2, -0.15) is 0 Å². The molecule has 2 rings (SSSR count). The van der Waals surface area contributed by atoms with Gasteiger partial charge in [0.15, 0.2) is 0 Å². The van der Waals surface area contributed by atoms with Gasteiger partial charge in [0.05, 0.1) is 0 Å². The van der Waals surface area contributed by atoms with Crippen molar-refractivity contribution < 1.29 is 45.8 Å². The molecule has 1 aliphatic heterocycles. The van der Waals surface area contributed by atoms with Crippen molar-refractivity contribution in [3.63, 3.8) is 0 Å². The van der Waals surface area contributed by atoms with Crippen molar-refractivity contribution in [2.75, 3.05) is 0 Å². The van der Waals surface area contributed by atoms with Crippen LogP contribution in [0.2, 0.25) is 0 Å². The number of halogens is 1. The van der Waals surface area contributed by atoms with E-state index in [4.69, 9.17) is 4.74 Å². The zero-order valence-corrected chi connectivity index (χ0v) is 12.3. The average molecular weight is 404 g/mol. The molecule has 110 valence electrons. The number of amides is 3. The number of nitrogens with zero attached hydrogens (tertiary/aromatic N) is 2. The molecule has 0 spiro atoms. The summed E-state index contributed by atoms with van der Waals surface area (Å²) >= 11 is -1.38. The number of carbonyl (C=O) groups excluding carboxylic acids is 3. The van der Waals surface area contributed by atoms with Crippen LogP contribution in [-0.2, 0) is 9.59 Å². The predicted molar refractivity (Wildman–Crippen MR) is 63.2 cm³/mol. The number of nitrogens with one attached hydrogen (secondary N) is 1. The summed E-state index contributed by atoms with van der Waals surface area (Å²) in [5.74, 6) is -0.855. The Hall–Kier alpha value is -2.50. The maximum absolute atomic E-state index is 11.5. The summed E-state index contributed by atoms with van der Waals surface area (Å²) in [6.45, 7) is 0. The van der Waals surface area contributed by atoms with E-state index in [-0.39, 0.29) is 11.4 Å². The number of hydrogen-bond donors (Lipinski definition) is 1. The molecular weight excluding hydrogens is 397 g/mol. The van der Waals surface area contributed by atoms with Crippen LogP contribution >= 0.6 is 0 Å². The minimum atomic E-state index is -1.38. The van der Waals surface area contributed by atoms with Crippen LogP contribution in [0.25, 0.3) is 0 Å². The van der Waals surface area contributed by atoms with E-state index in [1.807, 2.05) is 0 Å². The van der Waals surface area contributed by atoms with E-state index in [1.165, 1.54) is 24.3 Å². The third-order valence-corrected chi connectivity index (χ3v) is 4.33. The molecule has 1 aromatic carbocycles. The molecule has 21 heavy (non-hydrogen) atoms. The molecule has 1 aliphatic rings. The molecule has 0 saturated carbocycles. The van der Waals surface area contributed by atoms with Crippen LogP contribution in [-0.4, -0.2) is 25.9 Å². The van der Waals surface area contributed by atoms with Crippen molar-refractivity contribution in [2.24, 2.45) is 0 Å². The number of rotatable bonds is 4. The van der Waals surface area contributed by atoms with Crippen LogP contribution in [0, 0.1) is 10.1 Å². The molecule has 0 saturated heterocycles. The number of nitro benzene ring substituents is 1. The molecule has 9 nitrogen and oxygen atoms in total. The molecule has 1 aromatic rings. The van der Waals surface area contributed by atoms with Gasteiger partial charge >= 0.3 is 128 Å². The van der Waals surface area contributed by atoms with Gasteiger partial charge in [0, 0.05) is 0 Å². The van der Waals surface area contributed by atoms with E-state index in [2.05, 4.69) is 3.53 Å². The van der Waals surface area contributed by atoms with E-state index >= 15 is 0 Å². The number of benzene rings is 1. The third-order valence-electron chi connectivity index (χ3n) is 2.22. The van der Waals surface area contributed by atoms with Gasteiger partial charge in [-0.25, -0.2) is 0 Å². The quantitative estimate of drug-likeness (QED) is 0.195. The van der Waals surface area contributed by atoms with Gasteiger partial charge in [0.2, 0.25) is 0 Å². The Morgan fingerprint density at radius 3 is 2.29 bits per heavy atom. The summed E-state index contributed by atoms with van der Waals surface area (Å²) < 4.78 is 8.12. The molecule has 1 N–H and O–H groups in total. The fourth-order valence-corrected chi connectivity index (χ4v) is 2.65. The number of imide groups is 1.